The van der Waals surface area contributed by atoms with E-state index in [2.05, 4.69) is 42.4 Å². The molecule has 0 N–H and O–H groups in total. The van der Waals surface area contributed by atoms with Crippen molar-refractivity contribution >= 4 is 0 Å². The number of imidazole rings is 1. The van der Waals surface area contributed by atoms with E-state index < -0.39 is 0 Å². The summed E-state index contributed by atoms with van der Waals surface area (Å²) in [6.07, 6.45) is 20.9. The smallest absolute Gasteiger partial charge is 0.237 e. The molecule has 0 aliphatic heterocycles. The van der Waals surface area contributed by atoms with Gasteiger partial charge in [0, 0.05) is 6.42 Å². The maximum atomic E-state index is 2.47. The Hall–Kier alpha value is -0.790. The van der Waals surface area contributed by atoms with Crippen molar-refractivity contribution in [3.8, 4) is 0 Å². The highest BCUT2D eigenvalue weighted by Crippen LogP contribution is 2.11. The number of aryl methyl sites for hydroxylation is 2. The van der Waals surface area contributed by atoms with Gasteiger partial charge in [0.2, 0.25) is 0 Å². The van der Waals surface area contributed by atoms with Gasteiger partial charge in [-0.3, -0.25) is 0 Å². The molecule has 1 aromatic heterocycles. The standard InChI is InChI=1S/C19H37N2/c1-4-6-8-9-10-11-12-13-15-19-20(3)17-18-21(19)16-14-7-5-2/h17-18H,4-16H2,1-3H3/q+1. The highest BCUT2D eigenvalue weighted by molar-refractivity contribution is 4.84. The lowest BCUT2D eigenvalue weighted by Gasteiger charge is -2.04. The Morgan fingerprint density at radius 3 is 2.05 bits per heavy atom. The largest absolute Gasteiger partial charge is 0.256 e. The van der Waals surface area contributed by atoms with Crippen molar-refractivity contribution in [3.63, 3.8) is 0 Å². The molecule has 0 aliphatic rings. The van der Waals surface area contributed by atoms with Gasteiger partial charge in [-0.25, -0.2) is 9.13 Å². The van der Waals surface area contributed by atoms with E-state index in [0.29, 0.717) is 0 Å². The molecule has 0 spiro atoms. The maximum absolute atomic E-state index is 2.47. The SMILES string of the molecule is CCCCCCCCCCc1n(CCCCC)cc[n+]1C. The molecule has 0 radical (unpaired) electrons. The van der Waals surface area contributed by atoms with Gasteiger partial charge in [-0.2, -0.15) is 0 Å². The zero-order valence-corrected chi connectivity index (χ0v) is 14.7. The molecule has 2 nitrogen and oxygen atoms in total. The van der Waals surface area contributed by atoms with Crippen LogP contribution in [0.1, 0.15) is 90.3 Å². The number of hydrogen-bond donors (Lipinski definition) is 0. The fraction of sp³-hybridized carbons (Fsp3) is 0.842. The van der Waals surface area contributed by atoms with Crippen molar-refractivity contribution in [2.75, 3.05) is 0 Å². The second-order valence-corrected chi connectivity index (χ2v) is 6.45. The van der Waals surface area contributed by atoms with Crippen molar-refractivity contribution in [3.05, 3.63) is 18.2 Å². The van der Waals surface area contributed by atoms with Crippen LogP contribution in [-0.4, -0.2) is 4.57 Å². The molecule has 21 heavy (non-hydrogen) atoms. The lowest BCUT2D eigenvalue weighted by molar-refractivity contribution is -0.678. The number of hydrogen-bond acceptors (Lipinski definition) is 0. The highest BCUT2D eigenvalue weighted by Gasteiger charge is 2.13. The summed E-state index contributed by atoms with van der Waals surface area (Å²) in [6, 6.07) is 0. The number of rotatable bonds is 13. The Bertz CT molecular complexity index is 354. The number of aromatic nitrogens is 2. The first-order chi connectivity index (χ1) is 10.3. The topological polar surface area (TPSA) is 8.81 Å². The predicted octanol–water partition coefficient (Wildman–Crippen LogP) is 5.19. The molecule has 0 saturated carbocycles. The third-order valence-corrected chi connectivity index (χ3v) is 4.47. The second kappa shape index (κ2) is 11.8. The Balaban J connectivity index is 2.17. The van der Waals surface area contributed by atoms with Gasteiger partial charge in [-0.15, -0.1) is 0 Å². The van der Waals surface area contributed by atoms with Crippen molar-refractivity contribution in [1.82, 2.24) is 4.57 Å². The zero-order valence-electron chi connectivity index (χ0n) is 14.7. The summed E-state index contributed by atoms with van der Waals surface area (Å²) in [7, 11) is 2.19. The van der Waals surface area contributed by atoms with Gasteiger partial charge in [-0.1, -0.05) is 65.2 Å². The van der Waals surface area contributed by atoms with Crippen LogP contribution in [0, 0.1) is 0 Å². The van der Waals surface area contributed by atoms with Crippen LogP contribution >= 0.6 is 0 Å². The van der Waals surface area contributed by atoms with E-state index in [4.69, 9.17) is 0 Å². The summed E-state index contributed by atoms with van der Waals surface area (Å²) in [5, 5.41) is 0. The first kappa shape index (κ1) is 18.3. The molecule has 2 heteroatoms. The fourth-order valence-electron chi connectivity index (χ4n) is 3.03. The van der Waals surface area contributed by atoms with Gasteiger partial charge < -0.3 is 0 Å². The van der Waals surface area contributed by atoms with Crippen LogP contribution in [0.15, 0.2) is 12.4 Å². The maximum Gasteiger partial charge on any atom is 0.256 e. The van der Waals surface area contributed by atoms with Crippen molar-refractivity contribution in [1.29, 1.82) is 0 Å². The van der Waals surface area contributed by atoms with Gasteiger partial charge in [0.15, 0.2) is 0 Å². The normalized spacial score (nSPS) is 11.2. The first-order valence-electron chi connectivity index (χ1n) is 9.33. The summed E-state index contributed by atoms with van der Waals surface area (Å²) in [5.41, 5.74) is 0. The summed E-state index contributed by atoms with van der Waals surface area (Å²) >= 11 is 0. The molecule has 1 heterocycles. The van der Waals surface area contributed by atoms with E-state index in [0.717, 1.165) is 0 Å². The molecule has 0 bridgehead atoms. The second-order valence-electron chi connectivity index (χ2n) is 6.45. The molecule has 0 amide bonds. The van der Waals surface area contributed by atoms with E-state index in [-0.39, 0.29) is 0 Å². The van der Waals surface area contributed by atoms with Crippen LogP contribution in [0.3, 0.4) is 0 Å². The van der Waals surface area contributed by atoms with Gasteiger partial charge in [0.1, 0.15) is 12.4 Å². The van der Waals surface area contributed by atoms with E-state index in [1.165, 1.54) is 89.4 Å². The number of unbranched alkanes of at least 4 members (excludes halogenated alkanes) is 9. The summed E-state index contributed by atoms with van der Waals surface area (Å²) in [6.45, 7) is 5.76. The van der Waals surface area contributed by atoms with Gasteiger partial charge in [0.25, 0.3) is 5.82 Å². The van der Waals surface area contributed by atoms with Gasteiger partial charge in [0.05, 0.1) is 13.6 Å². The van der Waals surface area contributed by atoms with Crippen molar-refractivity contribution in [2.24, 2.45) is 7.05 Å². The molecule has 122 valence electrons. The summed E-state index contributed by atoms with van der Waals surface area (Å²) < 4.78 is 4.78. The fourth-order valence-corrected chi connectivity index (χ4v) is 3.03. The molecule has 0 unspecified atom stereocenters. The average molecular weight is 294 g/mol. The summed E-state index contributed by atoms with van der Waals surface area (Å²) in [5.74, 6) is 1.51. The zero-order chi connectivity index (χ0) is 15.3. The Morgan fingerprint density at radius 2 is 1.38 bits per heavy atom. The molecule has 0 fully saturated rings. The van der Waals surface area contributed by atoms with Crippen LogP contribution in [0.5, 0.6) is 0 Å². The Kier molecular flexibility index (Phi) is 10.3. The average Bonchev–Trinajstić information content (AvgIpc) is 2.83. The monoisotopic (exact) mass is 293 g/mol. The van der Waals surface area contributed by atoms with E-state index in [1.807, 2.05) is 0 Å². The van der Waals surface area contributed by atoms with Crippen LogP contribution in [0.4, 0.5) is 0 Å². The van der Waals surface area contributed by atoms with Crippen LogP contribution in [-0.2, 0) is 20.0 Å². The van der Waals surface area contributed by atoms with Gasteiger partial charge >= 0.3 is 0 Å². The molecule has 0 saturated heterocycles. The van der Waals surface area contributed by atoms with Gasteiger partial charge in [-0.05, 0) is 19.3 Å². The third kappa shape index (κ3) is 7.68. The summed E-state index contributed by atoms with van der Waals surface area (Å²) in [4.78, 5) is 0. The van der Waals surface area contributed by atoms with E-state index in [1.54, 1.807) is 0 Å². The van der Waals surface area contributed by atoms with Crippen LogP contribution < -0.4 is 4.57 Å². The van der Waals surface area contributed by atoms with E-state index in [9.17, 15) is 0 Å². The molecule has 1 aromatic rings. The molecule has 0 aromatic carbocycles. The molecule has 0 atom stereocenters. The minimum atomic E-state index is 1.20. The molecule has 0 aliphatic carbocycles. The molecular formula is C19H37N2+. The van der Waals surface area contributed by atoms with Crippen LogP contribution in [0.25, 0.3) is 0 Å². The minimum absolute atomic E-state index is 1.20. The lowest BCUT2D eigenvalue weighted by atomic mass is 10.1. The van der Waals surface area contributed by atoms with Crippen molar-refractivity contribution in [2.45, 2.75) is 97.4 Å². The quantitative estimate of drug-likeness (QED) is 0.350. The van der Waals surface area contributed by atoms with Crippen LogP contribution in [0.2, 0.25) is 0 Å². The lowest BCUT2D eigenvalue weighted by Crippen LogP contribution is -2.32. The Morgan fingerprint density at radius 1 is 0.810 bits per heavy atom. The number of nitrogens with zero attached hydrogens (tertiary/aromatic N) is 2. The van der Waals surface area contributed by atoms with Crippen molar-refractivity contribution < 1.29 is 4.57 Å². The third-order valence-electron chi connectivity index (χ3n) is 4.47. The first-order valence-corrected chi connectivity index (χ1v) is 9.33. The predicted molar refractivity (Wildman–Crippen MR) is 91.4 cm³/mol. The molecular weight excluding hydrogens is 256 g/mol. The molecule has 1 rings (SSSR count). The Labute approximate surface area is 132 Å². The van der Waals surface area contributed by atoms with E-state index >= 15 is 0 Å². The minimum Gasteiger partial charge on any atom is -0.237 e. The highest BCUT2D eigenvalue weighted by atomic mass is 15.1.